The van der Waals surface area contributed by atoms with Gasteiger partial charge in [-0.3, -0.25) is 4.79 Å². The maximum Gasteiger partial charge on any atom is 0.155 e. The number of carbonyl (C=O) groups is 1. The van der Waals surface area contributed by atoms with Gasteiger partial charge in [0.15, 0.2) is 5.78 Å². The van der Waals surface area contributed by atoms with Gasteiger partial charge >= 0.3 is 0 Å². The van der Waals surface area contributed by atoms with Crippen LogP contribution in [0.3, 0.4) is 0 Å². The average molecular weight is 395 g/mol. The summed E-state index contributed by atoms with van der Waals surface area (Å²) in [6, 6.07) is 17.9. The van der Waals surface area contributed by atoms with Crippen molar-refractivity contribution in [3.8, 4) is 5.75 Å². The summed E-state index contributed by atoms with van der Waals surface area (Å²) in [6.45, 7) is 5.25. The molecule has 0 radical (unpaired) electrons. The van der Waals surface area contributed by atoms with Crippen molar-refractivity contribution in [1.82, 2.24) is 0 Å². The molecule has 4 nitrogen and oxygen atoms in total. The van der Waals surface area contributed by atoms with E-state index in [9.17, 15) is 4.79 Å². The van der Waals surface area contributed by atoms with E-state index in [2.05, 4.69) is 13.8 Å². The van der Waals surface area contributed by atoms with Crippen LogP contribution < -0.4 is 4.74 Å². The number of hydrogen-bond donors (Lipinski definition) is 0. The molecule has 0 spiro atoms. The van der Waals surface area contributed by atoms with Gasteiger partial charge in [0, 0.05) is 6.42 Å². The normalized spacial score (nSPS) is 22.5. The van der Waals surface area contributed by atoms with Gasteiger partial charge in [0.25, 0.3) is 0 Å². The van der Waals surface area contributed by atoms with Crippen molar-refractivity contribution < 1.29 is 19.0 Å². The van der Waals surface area contributed by atoms with Gasteiger partial charge < -0.3 is 14.2 Å². The molecule has 29 heavy (non-hydrogen) atoms. The van der Waals surface area contributed by atoms with Gasteiger partial charge in [-0.05, 0) is 47.2 Å². The lowest BCUT2D eigenvalue weighted by Crippen LogP contribution is -2.43. The van der Waals surface area contributed by atoms with Crippen LogP contribution in [0.25, 0.3) is 0 Å². The van der Waals surface area contributed by atoms with E-state index in [0.717, 1.165) is 23.3 Å². The summed E-state index contributed by atoms with van der Waals surface area (Å²) < 4.78 is 17.9. The van der Waals surface area contributed by atoms with E-state index in [1.54, 1.807) is 13.2 Å². The Labute approximate surface area is 173 Å². The van der Waals surface area contributed by atoms with Crippen LogP contribution in [-0.2, 0) is 27.5 Å². The molecule has 2 atom stereocenters. The number of hydrogen-bond acceptors (Lipinski definition) is 4. The van der Waals surface area contributed by atoms with Gasteiger partial charge in [0.05, 0.1) is 26.4 Å². The first-order valence-electron chi connectivity index (χ1n) is 10.1. The predicted octanol–water partition coefficient (Wildman–Crippen LogP) is 5.11. The molecule has 4 heteroatoms. The first kappa shape index (κ1) is 21.3. The highest BCUT2D eigenvalue weighted by molar-refractivity contribution is 5.89. The molecule has 2 aromatic rings. The second-order valence-electron chi connectivity index (χ2n) is 8.15. The standard InChI is InChI=1S/C25H30O4/c1-25(2)16-15-21(26)11-14-23(28-17-19-7-5-4-6-8-19)24(25)29-18-20-9-12-22(27-3)13-10-20/h4-14,23-24H,15-18H2,1-3H3/b14-11-/t23-,24-/m0/s1. The summed E-state index contributed by atoms with van der Waals surface area (Å²) in [5.41, 5.74) is 1.97. The third-order valence-electron chi connectivity index (χ3n) is 5.43. The zero-order valence-electron chi connectivity index (χ0n) is 17.5. The van der Waals surface area contributed by atoms with Crippen molar-refractivity contribution in [2.24, 2.45) is 5.41 Å². The fourth-order valence-electron chi connectivity index (χ4n) is 3.56. The van der Waals surface area contributed by atoms with E-state index >= 15 is 0 Å². The van der Waals surface area contributed by atoms with Gasteiger partial charge in [-0.25, -0.2) is 0 Å². The Kier molecular flexibility index (Phi) is 7.24. The van der Waals surface area contributed by atoms with E-state index in [1.165, 1.54) is 0 Å². The number of carbonyl (C=O) groups excluding carboxylic acids is 1. The minimum absolute atomic E-state index is 0.139. The van der Waals surface area contributed by atoms with E-state index in [0.29, 0.717) is 19.6 Å². The topological polar surface area (TPSA) is 44.8 Å². The second kappa shape index (κ2) is 9.86. The predicted molar refractivity (Wildman–Crippen MR) is 114 cm³/mol. The summed E-state index contributed by atoms with van der Waals surface area (Å²) in [6.07, 6.45) is 4.33. The van der Waals surface area contributed by atoms with Crippen LogP contribution >= 0.6 is 0 Å². The number of allylic oxidation sites excluding steroid dienone is 1. The van der Waals surface area contributed by atoms with Gasteiger partial charge in [-0.15, -0.1) is 0 Å². The molecule has 154 valence electrons. The van der Waals surface area contributed by atoms with Gasteiger partial charge in [0.1, 0.15) is 11.9 Å². The Morgan fingerprint density at radius 2 is 1.59 bits per heavy atom. The maximum atomic E-state index is 12.1. The third-order valence-corrected chi connectivity index (χ3v) is 5.43. The lowest BCUT2D eigenvalue weighted by molar-refractivity contribution is -0.127. The smallest absolute Gasteiger partial charge is 0.155 e. The number of benzene rings is 2. The summed E-state index contributed by atoms with van der Waals surface area (Å²) in [5, 5.41) is 0. The summed E-state index contributed by atoms with van der Waals surface area (Å²) >= 11 is 0. The van der Waals surface area contributed by atoms with Crippen LogP contribution in [-0.4, -0.2) is 25.1 Å². The lowest BCUT2D eigenvalue weighted by atomic mass is 9.77. The molecule has 3 rings (SSSR count). The Morgan fingerprint density at radius 3 is 2.28 bits per heavy atom. The van der Waals surface area contributed by atoms with Gasteiger partial charge in [-0.2, -0.15) is 0 Å². The van der Waals surface area contributed by atoms with Gasteiger partial charge in [-0.1, -0.05) is 56.3 Å². The minimum Gasteiger partial charge on any atom is -0.497 e. The van der Waals surface area contributed by atoms with Crippen LogP contribution in [0.2, 0.25) is 0 Å². The number of ketones is 1. The van der Waals surface area contributed by atoms with E-state index in [4.69, 9.17) is 14.2 Å². The largest absolute Gasteiger partial charge is 0.497 e. The molecule has 0 bridgehead atoms. The zero-order chi connectivity index (χ0) is 20.7. The Morgan fingerprint density at radius 1 is 0.931 bits per heavy atom. The highest BCUT2D eigenvalue weighted by Gasteiger charge is 2.37. The summed E-state index contributed by atoms with van der Waals surface area (Å²) in [5.74, 6) is 0.963. The maximum absolute atomic E-state index is 12.1. The monoisotopic (exact) mass is 394 g/mol. The average Bonchev–Trinajstić information content (AvgIpc) is 2.74. The van der Waals surface area contributed by atoms with Crippen LogP contribution in [0.15, 0.2) is 66.7 Å². The number of methoxy groups -OCH3 is 1. The van der Waals surface area contributed by atoms with E-state index < -0.39 is 0 Å². The number of rotatable bonds is 7. The molecule has 0 fully saturated rings. The number of ether oxygens (including phenoxy) is 3. The van der Waals surface area contributed by atoms with Crippen molar-refractivity contribution >= 4 is 5.78 Å². The Balaban J connectivity index is 1.76. The van der Waals surface area contributed by atoms with Crippen LogP contribution in [0.1, 0.15) is 37.8 Å². The molecule has 0 N–H and O–H groups in total. The molecule has 1 aliphatic carbocycles. The van der Waals surface area contributed by atoms with Crippen molar-refractivity contribution in [2.75, 3.05) is 7.11 Å². The molecule has 0 saturated carbocycles. The third kappa shape index (κ3) is 6.02. The van der Waals surface area contributed by atoms with Crippen molar-refractivity contribution in [2.45, 2.75) is 52.1 Å². The molecule has 0 saturated heterocycles. The first-order chi connectivity index (χ1) is 14.0. The highest BCUT2D eigenvalue weighted by atomic mass is 16.5. The van der Waals surface area contributed by atoms with Crippen LogP contribution in [0, 0.1) is 5.41 Å². The molecule has 0 aliphatic heterocycles. The fourth-order valence-corrected chi connectivity index (χ4v) is 3.56. The minimum atomic E-state index is -0.298. The molecule has 1 aliphatic rings. The van der Waals surface area contributed by atoms with Crippen molar-refractivity contribution in [3.63, 3.8) is 0 Å². The molecule has 2 aromatic carbocycles. The molecule has 0 unspecified atom stereocenters. The lowest BCUT2D eigenvalue weighted by Gasteiger charge is -2.39. The van der Waals surface area contributed by atoms with Crippen molar-refractivity contribution in [3.05, 3.63) is 77.9 Å². The molecule has 0 heterocycles. The van der Waals surface area contributed by atoms with Crippen LogP contribution in [0.4, 0.5) is 0 Å². The van der Waals surface area contributed by atoms with E-state index in [1.807, 2.05) is 60.7 Å². The zero-order valence-corrected chi connectivity index (χ0v) is 17.5. The summed E-state index contributed by atoms with van der Waals surface area (Å²) in [7, 11) is 1.66. The fraction of sp³-hybridized carbons (Fsp3) is 0.400. The summed E-state index contributed by atoms with van der Waals surface area (Å²) in [4.78, 5) is 12.1. The SMILES string of the molecule is COc1ccc(CO[C@H]2[C@@H](OCc3ccccc3)/C=C\C(=O)CCC2(C)C)cc1. The van der Waals surface area contributed by atoms with E-state index in [-0.39, 0.29) is 23.4 Å². The first-order valence-corrected chi connectivity index (χ1v) is 10.1. The molecule has 0 amide bonds. The van der Waals surface area contributed by atoms with Gasteiger partial charge in [0.2, 0.25) is 0 Å². The molecule has 0 aromatic heterocycles. The highest BCUT2D eigenvalue weighted by Crippen LogP contribution is 2.35. The molecular formula is C25H30O4. The Hall–Kier alpha value is -2.43. The molecular weight excluding hydrogens is 364 g/mol. The quantitative estimate of drug-likeness (QED) is 0.654. The van der Waals surface area contributed by atoms with Crippen molar-refractivity contribution in [1.29, 1.82) is 0 Å². The van der Waals surface area contributed by atoms with Crippen LogP contribution in [0.5, 0.6) is 5.75 Å². The Bertz CT molecular complexity index is 808. The second-order valence-corrected chi connectivity index (χ2v) is 8.15.